The summed E-state index contributed by atoms with van der Waals surface area (Å²) in [6.45, 7) is 5.18. The van der Waals surface area contributed by atoms with Crippen LogP contribution in [0.3, 0.4) is 0 Å². The minimum absolute atomic E-state index is 0.0298. The van der Waals surface area contributed by atoms with Gasteiger partial charge in [-0.2, -0.15) is 0 Å². The van der Waals surface area contributed by atoms with E-state index in [9.17, 15) is 9.59 Å². The van der Waals surface area contributed by atoms with Gasteiger partial charge in [-0.25, -0.2) is 0 Å². The normalized spacial score (nSPS) is 12.0. The minimum atomic E-state index is -0.293. The van der Waals surface area contributed by atoms with Crippen molar-refractivity contribution in [1.82, 2.24) is 10.2 Å². The maximum absolute atomic E-state index is 12.1. The monoisotopic (exact) mass is 321 g/mol. The summed E-state index contributed by atoms with van der Waals surface area (Å²) in [4.78, 5) is 23.5. The van der Waals surface area contributed by atoms with Crippen LogP contribution in [0.4, 0.5) is 5.69 Å². The smallest absolute Gasteiger partial charge is 0.237 e. The van der Waals surface area contributed by atoms with Crippen LogP contribution in [0.25, 0.3) is 0 Å². The standard InChI is InChI=1S/C14H15N3O2S2/c1-8(18)11-5-4-6-12(7-11)15-13(19)9(2)20-14-17-16-10(3)21-14/h4-7,9H,1-3H3,(H,15,19)/t9-/m0/s1. The summed E-state index contributed by atoms with van der Waals surface area (Å²) in [5, 5.41) is 11.3. The quantitative estimate of drug-likeness (QED) is 0.676. The van der Waals surface area contributed by atoms with E-state index >= 15 is 0 Å². The molecular weight excluding hydrogens is 306 g/mol. The number of nitrogens with one attached hydrogen (secondary N) is 1. The fourth-order valence-electron chi connectivity index (χ4n) is 1.59. The van der Waals surface area contributed by atoms with E-state index in [0.29, 0.717) is 11.3 Å². The molecule has 0 spiro atoms. The molecule has 0 aliphatic carbocycles. The largest absolute Gasteiger partial charge is 0.325 e. The first-order valence-electron chi connectivity index (χ1n) is 6.34. The molecule has 1 aromatic carbocycles. The van der Waals surface area contributed by atoms with Crippen molar-refractivity contribution in [1.29, 1.82) is 0 Å². The zero-order valence-corrected chi connectivity index (χ0v) is 13.5. The molecule has 5 nitrogen and oxygen atoms in total. The summed E-state index contributed by atoms with van der Waals surface area (Å²) in [5.74, 6) is -0.161. The second kappa shape index (κ2) is 6.82. The van der Waals surface area contributed by atoms with Crippen molar-refractivity contribution in [3.8, 4) is 0 Å². The molecule has 0 saturated heterocycles. The van der Waals surface area contributed by atoms with Gasteiger partial charge >= 0.3 is 0 Å². The second-order valence-electron chi connectivity index (χ2n) is 4.47. The van der Waals surface area contributed by atoms with E-state index in [2.05, 4.69) is 15.5 Å². The summed E-state index contributed by atoms with van der Waals surface area (Å²) in [6, 6.07) is 6.90. The van der Waals surface area contributed by atoms with Crippen LogP contribution in [0.15, 0.2) is 28.6 Å². The number of hydrogen-bond acceptors (Lipinski definition) is 6. The van der Waals surface area contributed by atoms with E-state index in [4.69, 9.17) is 0 Å². The Hall–Kier alpha value is -1.73. The third kappa shape index (κ3) is 4.37. The molecule has 7 heteroatoms. The first-order chi connectivity index (χ1) is 9.95. The van der Waals surface area contributed by atoms with Crippen LogP contribution in [0.2, 0.25) is 0 Å². The predicted molar refractivity (Wildman–Crippen MR) is 85.0 cm³/mol. The van der Waals surface area contributed by atoms with Crippen LogP contribution in [0.5, 0.6) is 0 Å². The highest BCUT2D eigenvalue weighted by molar-refractivity contribution is 8.02. The van der Waals surface area contributed by atoms with E-state index in [0.717, 1.165) is 9.35 Å². The molecule has 1 heterocycles. The lowest BCUT2D eigenvalue weighted by Crippen LogP contribution is -2.22. The van der Waals surface area contributed by atoms with Crippen molar-refractivity contribution in [3.63, 3.8) is 0 Å². The van der Waals surface area contributed by atoms with Gasteiger partial charge in [-0.3, -0.25) is 9.59 Å². The van der Waals surface area contributed by atoms with Crippen LogP contribution in [-0.4, -0.2) is 27.1 Å². The third-order valence-corrected chi connectivity index (χ3v) is 4.71. The fourth-order valence-corrected chi connectivity index (χ4v) is 3.55. The fraction of sp³-hybridized carbons (Fsp3) is 0.286. The highest BCUT2D eigenvalue weighted by atomic mass is 32.2. The van der Waals surface area contributed by atoms with Gasteiger partial charge in [0.2, 0.25) is 5.91 Å². The van der Waals surface area contributed by atoms with Gasteiger partial charge in [-0.05, 0) is 32.9 Å². The van der Waals surface area contributed by atoms with Gasteiger partial charge in [0.05, 0.1) is 5.25 Å². The summed E-state index contributed by atoms with van der Waals surface area (Å²) < 4.78 is 0.771. The van der Waals surface area contributed by atoms with Crippen LogP contribution < -0.4 is 5.32 Å². The zero-order chi connectivity index (χ0) is 15.4. The Morgan fingerprint density at radius 3 is 2.71 bits per heavy atom. The van der Waals surface area contributed by atoms with Gasteiger partial charge in [0.1, 0.15) is 5.01 Å². The van der Waals surface area contributed by atoms with Crippen LogP contribution in [0, 0.1) is 6.92 Å². The maximum Gasteiger partial charge on any atom is 0.237 e. The highest BCUT2D eigenvalue weighted by Crippen LogP contribution is 2.27. The Kier molecular flexibility index (Phi) is 5.08. The number of carbonyl (C=O) groups is 2. The Morgan fingerprint density at radius 1 is 1.33 bits per heavy atom. The number of aromatic nitrogens is 2. The molecule has 0 aliphatic rings. The molecule has 0 radical (unpaired) electrons. The molecule has 0 unspecified atom stereocenters. The Bertz CT molecular complexity index is 670. The number of aryl methyl sites for hydroxylation is 1. The number of rotatable bonds is 5. The summed E-state index contributed by atoms with van der Waals surface area (Å²) >= 11 is 2.83. The van der Waals surface area contributed by atoms with Crippen molar-refractivity contribution >= 4 is 40.5 Å². The lowest BCUT2D eigenvalue weighted by molar-refractivity contribution is -0.115. The Morgan fingerprint density at radius 2 is 2.10 bits per heavy atom. The number of Topliss-reactive ketones (excluding diaryl/α,β-unsaturated/α-hetero) is 1. The molecule has 1 N–H and O–H groups in total. The lowest BCUT2D eigenvalue weighted by Gasteiger charge is -2.10. The number of thioether (sulfide) groups is 1. The first kappa shape index (κ1) is 15.7. The molecule has 1 atom stereocenters. The number of ketones is 1. The molecule has 1 amide bonds. The van der Waals surface area contributed by atoms with E-state index in [1.807, 2.05) is 13.8 Å². The summed E-state index contributed by atoms with van der Waals surface area (Å²) in [5.41, 5.74) is 1.20. The van der Waals surface area contributed by atoms with Crippen molar-refractivity contribution in [3.05, 3.63) is 34.8 Å². The molecule has 2 rings (SSSR count). The average Bonchev–Trinajstić information content (AvgIpc) is 2.84. The molecule has 2 aromatic rings. The molecule has 110 valence electrons. The number of carbonyl (C=O) groups excluding carboxylic acids is 2. The van der Waals surface area contributed by atoms with E-state index in [1.54, 1.807) is 24.3 Å². The lowest BCUT2D eigenvalue weighted by atomic mass is 10.1. The first-order valence-corrected chi connectivity index (χ1v) is 8.04. The molecule has 1 aromatic heterocycles. The van der Waals surface area contributed by atoms with Crippen LogP contribution in [0.1, 0.15) is 29.2 Å². The number of benzene rings is 1. The second-order valence-corrected chi connectivity index (χ2v) is 7.24. The molecule has 0 bridgehead atoms. The van der Waals surface area contributed by atoms with Crippen molar-refractivity contribution in [2.75, 3.05) is 5.32 Å². The Balaban J connectivity index is 2.00. The highest BCUT2D eigenvalue weighted by Gasteiger charge is 2.17. The number of hydrogen-bond donors (Lipinski definition) is 1. The number of amides is 1. The Labute approximate surface area is 131 Å². The van der Waals surface area contributed by atoms with E-state index in [1.165, 1.54) is 30.0 Å². The maximum atomic E-state index is 12.1. The van der Waals surface area contributed by atoms with Gasteiger partial charge in [-0.1, -0.05) is 35.2 Å². The van der Waals surface area contributed by atoms with Crippen molar-refractivity contribution in [2.45, 2.75) is 30.4 Å². The third-order valence-electron chi connectivity index (χ3n) is 2.69. The average molecular weight is 321 g/mol. The topological polar surface area (TPSA) is 72.0 Å². The van der Waals surface area contributed by atoms with E-state index in [-0.39, 0.29) is 16.9 Å². The molecule has 21 heavy (non-hydrogen) atoms. The number of anilines is 1. The van der Waals surface area contributed by atoms with Crippen molar-refractivity contribution in [2.24, 2.45) is 0 Å². The summed E-state index contributed by atoms with van der Waals surface area (Å²) in [6.07, 6.45) is 0. The van der Waals surface area contributed by atoms with Crippen molar-refractivity contribution < 1.29 is 9.59 Å². The van der Waals surface area contributed by atoms with Gasteiger partial charge in [0.25, 0.3) is 0 Å². The van der Waals surface area contributed by atoms with Crippen LogP contribution >= 0.6 is 23.1 Å². The molecular formula is C14H15N3O2S2. The summed E-state index contributed by atoms with van der Waals surface area (Å²) in [7, 11) is 0. The minimum Gasteiger partial charge on any atom is -0.325 e. The van der Waals surface area contributed by atoms with E-state index < -0.39 is 0 Å². The molecule has 0 fully saturated rings. The number of nitrogens with zero attached hydrogens (tertiary/aromatic N) is 2. The van der Waals surface area contributed by atoms with Gasteiger partial charge in [0, 0.05) is 11.3 Å². The van der Waals surface area contributed by atoms with Crippen LogP contribution in [-0.2, 0) is 4.79 Å². The molecule has 0 saturated carbocycles. The zero-order valence-electron chi connectivity index (χ0n) is 11.9. The van der Waals surface area contributed by atoms with Gasteiger partial charge in [-0.15, -0.1) is 10.2 Å². The predicted octanol–water partition coefficient (Wildman–Crippen LogP) is 3.17. The SMILES string of the molecule is CC(=O)c1cccc(NC(=O)[C@H](C)Sc2nnc(C)s2)c1. The van der Waals surface area contributed by atoms with Gasteiger partial charge < -0.3 is 5.32 Å². The van der Waals surface area contributed by atoms with Gasteiger partial charge in [0.15, 0.2) is 10.1 Å². The molecule has 0 aliphatic heterocycles.